The van der Waals surface area contributed by atoms with Gasteiger partial charge < -0.3 is 9.47 Å². The molecule has 2 aliphatic heterocycles. The summed E-state index contributed by atoms with van der Waals surface area (Å²) in [5.41, 5.74) is 4.71. The number of benzene rings is 3. The molecule has 0 saturated carbocycles. The van der Waals surface area contributed by atoms with E-state index >= 15 is 0 Å². The van der Waals surface area contributed by atoms with Crippen molar-refractivity contribution in [3.05, 3.63) is 95.6 Å². The van der Waals surface area contributed by atoms with Crippen LogP contribution in [0.2, 0.25) is 0 Å². The van der Waals surface area contributed by atoms with Crippen molar-refractivity contribution in [3.8, 4) is 11.5 Å². The second-order valence-electron chi connectivity index (χ2n) is 7.11. The van der Waals surface area contributed by atoms with Crippen molar-refractivity contribution >= 4 is 5.71 Å². The lowest BCUT2D eigenvalue weighted by Crippen LogP contribution is -2.09. The van der Waals surface area contributed by atoms with E-state index in [0.717, 1.165) is 28.3 Å². The van der Waals surface area contributed by atoms with E-state index in [1.165, 1.54) is 5.56 Å². The van der Waals surface area contributed by atoms with E-state index in [1.54, 1.807) is 14.2 Å². The molecule has 0 aromatic heterocycles. The zero-order chi connectivity index (χ0) is 19.1. The molecule has 0 N–H and O–H groups in total. The van der Waals surface area contributed by atoms with Crippen molar-refractivity contribution in [1.29, 1.82) is 0 Å². The van der Waals surface area contributed by atoms with Gasteiger partial charge in [-0.25, -0.2) is 0 Å². The molecule has 2 heterocycles. The Kier molecular flexibility index (Phi) is 4.14. The molecule has 3 aromatic carbocycles. The molecule has 4 atom stereocenters. The highest BCUT2D eigenvalue weighted by Crippen LogP contribution is 2.56. The first-order valence-electron chi connectivity index (χ1n) is 9.49. The molecule has 0 spiro atoms. The lowest BCUT2D eigenvalue weighted by Gasteiger charge is -2.17. The van der Waals surface area contributed by atoms with E-state index in [9.17, 15) is 0 Å². The molecular weight excluding hydrogens is 348 g/mol. The highest BCUT2D eigenvalue weighted by molar-refractivity contribution is 6.08. The van der Waals surface area contributed by atoms with Gasteiger partial charge in [-0.1, -0.05) is 48.5 Å². The maximum Gasteiger partial charge on any atom is 0.133 e. The highest BCUT2D eigenvalue weighted by atomic mass is 16.5. The van der Waals surface area contributed by atoms with Crippen LogP contribution in [-0.4, -0.2) is 30.9 Å². The fourth-order valence-electron chi connectivity index (χ4n) is 4.24. The summed E-state index contributed by atoms with van der Waals surface area (Å²) in [5.74, 6) is 1.74. The minimum atomic E-state index is -0.0385. The smallest absolute Gasteiger partial charge is 0.133 e. The summed E-state index contributed by atoms with van der Waals surface area (Å²) in [6.07, 6.45) is -0.0385. The molecule has 4 heteroatoms. The molecule has 140 valence electrons. The molecule has 0 aliphatic carbocycles. The van der Waals surface area contributed by atoms with E-state index in [4.69, 9.17) is 14.5 Å². The molecule has 5 rings (SSSR count). The third-order valence-corrected chi connectivity index (χ3v) is 5.62. The number of fused-ring (bicyclic) bond motifs is 1. The van der Waals surface area contributed by atoms with E-state index in [2.05, 4.69) is 59.5 Å². The third kappa shape index (κ3) is 2.69. The monoisotopic (exact) mass is 370 g/mol. The number of aliphatic imine (C=N–C) groups is 1. The zero-order valence-corrected chi connectivity index (χ0v) is 15.9. The standard InChI is InChI=1S/C24H22N2O2/c1-27-18-14-12-16(13-15-18)21-23-22(17-8-4-3-5-9-17)26(23)24(25-21)19-10-6-7-11-20(19)28-2/h3-15,22-24H,1-2H3/t22-,23+,24-,26?/m0/s1. The van der Waals surface area contributed by atoms with Crippen LogP contribution in [0.25, 0.3) is 0 Å². The summed E-state index contributed by atoms with van der Waals surface area (Å²) < 4.78 is 10.9. The second kappa shape index (κ2) is 6.80. The van der Waals surface area contributed by atoms with Gasteiger partial charge >= 0.3 is 0 Å². The Hall–Kier alpha value is -3.11. The predicted octanol–water partition coefficient (Wildman–Crippen LogP) is 4.63. The van der Waals surface area contributed by atoms with Crippen LogP contribution in [0, 0.1) is 0 Å². The molecule has 3 aromatic rings. The third-order valence-electron chi connectivity index (χ3n) is 5.62. The van der Waals surface area contributed by atoms with Crippen molar-refractivity contribution in [3.63, 3.8) is 0 Å². The van der Waals surface area contributed by atoms with Crippen molar-refractivity contribution in [1.82, 2.24) is 4.90 Å². The van der Waals surface area contributed by atoms with E-state index < -0.39 is 0 Å². The fourth-order valence-corrected chi connectivity index (χ4v) is 4.24. The number of para-hydroxylation sites is 1. The Morgan fingerprint density at radius 1 is 0.750 bits per heavy atom. The Labute approximate surface area is 165 Å². The molecule has 1 unspecified atom stereocenters. The lowest BCUT2D eigenvalue weighted by molar-refractivity contribution is 0.366. The molecule has 0 amide bonds. The Bertz CT molecular complexity index is 1010. The summed E-state index contributed by atoms with van der Waals surface area (Å²) >= 11 is 0. The number of rotatable bonds is 5. The summed E-state index contributed by atoms with van der Waals surface area (Å²) in [4.78, 5) is 7.59. The average Bonchev–Trinajstić information content (AvgIpc) is 3.38. The Morgan fingerprint density at radius 2 is 1.46 bits per heavy atom. The molecule has 1 fully saturated rings. The number of hydrogen-bond donors (Lipinski definition) is 0. The molecule has 0 radical (unpaired) electrons. The van der Waals surface area contributed by atoms with Gasteiger partial charge in [-0.2, -0.15) is 0 Å². The maximum atomic E-state index is 5.62. The van der Waals surface area contributed by atoms with Crippen molar-refractivity contribution < 1.29 is 9.47 Å². The van der Waals surface area contributed by atoms with E-state index in [-0.39, 0.29) is 12.2 Å². The Balaban J connectivity index is 1.57. The van der Waals surface area contributed by atoms with Crippen molar-refractivity contribution in [2.75, 3.05) is 14.2 Å². The first-order valence-corrected chi connectivity index (χ1v) is 9.49. The van der Waals surface area contributed by atoms with E-state index in [0.29, 0.717) is 6.04 Å². The fraction of sp³-hybridized carbons (Fsp3) is 0.208. The summed E-state index contributed by atoms with van der Waals surface area (Å²) in [7, 11) is 3.41. The van der Waals surface area contributed by atoms with Crippen LogP contribution in [0.15, 0.2) is 83.9 Å². The maximum absolute atomic E-state index is 5.62. The van der Waals surface area contributed by atoms with Gasteiger partial charge in [-0.05, 0) is 41.5 Å². The number of ether oxygens (including phenoxy) is 2. The largest absolute Gasteiger partial charge is 0.497 e. The van der Waals surface area contributed by atoms with Crippen molar-refractivity contribution in [2.24, 2.45) is 4.99 Å². The average molecular weight is 370 g/mol. The minimum absolute atomic E-state index is 0.0385. The zero-order valence-electron chi connectivity index (χ0n) is 15.9. The van der Waals surface area contributed by atoms with Crippen molar-refractivity contribution in [2.45, 2.75) is 18.2 Å². The second-order valence-corrected chi connectivity index (χ2v) is 7.11. The molecule has 2 aliphatic rings. The SMILES string of the molecule is COc1ccc(C2=N[C@H](c3ccccc3OC)N3[C@H]2[C@@H]3c2ccccc2)cc1. The lowest BCUT2D eigenvalue weighted by atomic mass is 10.0. The van der Waals surface area contributed by atoms with Gasteiger partial charge in [0.05, 0.1) is 32.0 Å². The van der Waals surface area contributed by atoms with Gasteiger partial charge in [0.15, 0.2) is 0 Å². The van der Waals surface area contributed by atoms with Crippen LogP contribution in [0.3, 0.4) is 0 Å². The van der Waals surface area contributed by atoms with Crippen LogP contribution >= 0.6 is 0 Å². The summed E-state index contributed by atoms with van der Waals surface area (Å²) in [5, 5.41) is 0. The van der Waals surface area contributed by atoms with Gasteiger partial charge in [0.25, 0.3) is 0 Å². The molecular formula is C24H22N2O2. The predicted molar refractivity (Wildman–Crippen MR) is 110 cm³/mol. The van der Waals surface area contributed by atoms with Gasteiger partial charge in [0, 0.05) is 5.56 Å². The van der Waals surface area contributed by atoms with Gasteiger partial charge in [0.2, 0.25) is 0 Å². The number of nitrogens with zero attached hydrogens (tertiary/aromatic N) is 2. The van der Waals surface area contributed by atoms with Crippen LogP contribution < -0.4 is 9.47 Å². The van der Waals surface area contributed by atoms with Crippen LogP contribution in [0.1, 0.15) is 28.9 Å². The Morgan fingerprint density at radius 3 is 2.18 bits per heavy atom. The van der Waals surface area contributed by atoms with Crippen LogP contribution in [0.5, 0.6) is 11.5 Å². The summed E-state index contributed by atoms with van der Waals surface area (Å²) in [6.45, 7) is 0. The number of hydrogen-bond acceptors (Lipinski definition) is 4. The molecule has 28 heavy (non-hydrogen) atoms. The van der Waals surface area contributed by atoms with Gasteiger partial charge in [0.1, 0.15) is 17.7 Å². The van der Waals surface area contributed by atoms with Crippen LogP contribution in [-0.2, 0) is 0 Å². The topological polar surface area (TPSA) is 33.8 Å². The molecule has 4 nitrogen and oxygen atoms in total. The first kappa shape index (κ1) is 17.0. The van der Waals surface area contributed by atoms with Gasteiger partial charge in [-0.3, -0.25) is 9.89 Å². The van der Waals surface area contributed by atoms with Gasteiger partial charge in [-0.15, -0.1) is 0 Å². The highest BCUT2D eigenvalue weighted by Gasteiger charge is 2.59. The molecule has 1 saturated heterocycles. The van der Waals surface area contributed by atoms with E-state index in [1.807, 2.05) is 24.3 Å². The van der Waals surface area contributed by atoms with Crippen LogP contribution in [0.4, 0.5) is 0 Å². The quantitative estimate of drug-likeness (QED) is 0.614. The molecule has 0 bridgehead atoms. The normalized spacial score (nSPS) is 25.0. The minimum Gasteiger partial charge on any atom is -0.497 e. The number of methoxy groups -OCH3 is 2. The first-order chi connectivity index (χ1) is 13.8. The summed E-state index contributed by atoms with van der Waals surface area (Å²) in [6, 6.07) is 27.7.